The zero-order valence-corrected chi connectivity index (χ0v) is 20.3. The summed E-state index contributed by atoms with van der Waals surface area (Å²) in [5.74, 6) is 0.779. The minimum Gasteiger partial charge on any atom is -0.361 e. The number of primary sulfonamides is 1. The SMILES string of the molecule is Cc1cccc(Cc2nc3c(c(N(C)C)nn3-c3c(Cl)cc(S(N)(=O)=O)cc3Cl)c(=O)[nH]2)c1. The third-order valence-electron chi connectivity index (χ3n) is 4.98. The van der Waals surface area contributed by atoms with Crippen LogP contribution in [0.3, 0.4) is 0 Å². The van der Waals surface area contributed by atoms with Crippen LogP contribution >= 0.6 is 23.2 Å². The lowest BCUT2D eigenvalue weighted by atomic mass is 10.1. The zero-order chi connectivity index (χ0) is 24.1. The van der Waals surface area contributed by atoms with Gasteiger partial charge in [-0.25, -0.2) is 23.2 Å². The number of fused-ring (bicyclic) bond motifs is 1. The van der Waals surface area contributed by atoms with Crippen molar-refractivity contribution in [2.75, 3.05) is 19.0 Å². The number of halogens is 2. The molecule has 0 aliphatic carbocycles. The van der Waals surface area contributed by atoms with E-state index in [1.54, 1.807) is 19.0 Å². The number of nitrogens with two attached hydrogens (primary N) is 1. The van der Waals surface area contributed by atoms with Crippen LogP contribution in [0.25, 0.3) is 16.7 Å². The molecule has 0 unspecified atom stereocenters. The molecule has 172 valence electrons. The van der Waals surface area contributed by atoms with Gasteiger partial charge in [0, 0.05) is 20.5 Å². The number of benzene rings is 2. The van der Waals surface area contributed by atoms with E-state index in [0.717, 1.165) is 11.1 Å². The van der Waals surface area contributed by atoms with Crippen LogP contribution in [-0.2, 0) is 16.4 Å². The van der Waals surface area contributed by atoms with E-state index in [9.17, 15) is 13.2 Å². The average Bonchev–Trinajstić information content (AvgIpc) is 3.07. The monoisotopic (exact) mass is 506 g/mol. The summed E-state index contributed by atoms with van der Waals surface area (Å²) < 4.78 is 24.8. The minimum atomic E-state index is -4.03. The van der Waals surface area contributed by atoms with Crippen LogP contribution in [0.5, 0.6) is 0 Å². The van der Waals surface area contributed by atoms with Gasteiger partial charge in [0.1, 0.15) is 16.9 Å². The van der Waals surface area contributed by atoms with Gasteiger partial charge in [0.25, 0.3) is 5.56 Å². The van der Waals surface area contributed by atoms with E-state index < -0.39 is 10.0 Å². The Morgan fingerprint density at radius 1 is 1.15 bits per heavy atom. The van der Waals surface area contributed by atoms with Crippen molar-refractivity contribution in [2.24, 2.45) is 5.14 Å². The molecule has 0 atom stereocenters. The van der Waals surface area contributed by atoms with Gasteiger partial charge in [0.05, 0.1) is 14.9 Å². The highest BCUT2D eigenvalue weighted by atomic mass is 35.5. The number of rotatable bonds is 5. The molecule has 4 aromatic rings. The summed E-state index contributed by atoms with van der Waals surface area (Å²) in [5, 5.41) is 9.94. The first-order chi connectivity index (χ1) is 15.5. The smallest absolute Gasteiger partial charge is 0.264 e. The first-order valence-electron chi connectivity index (χ1n) is 9.72. The summed E-state index contributed by atoms with van der Waals surface area (Å²) in [6, 6.07) is 10.2. The van der Waals surface area contributed by atoms with E-state index in [-0.39, 0.29) is 37.2 Å². The van der Waals surface area contributed by atoms with Gasteiger partial charge < -0.3 is 9.88 Å². The van der Waals surface area contributed by atoms with Crippen LogP contribution in [0, 0.1) is 6.92 Å². The number of nitrogens with one attached hydrogen (secondary N) is 1. The number of hydrogen-bond donors (Lipinski definition) is 2. The first kappa shape index (κ1) is 23.2. The molecule has 0 amide bonds. The van der Waals surface area contributed by atoms with Gasteiger partial charge in [-0.2, -0.15) is 0 Å². The summed E-state index contributed by atoms with van der Waals surface area (Å²) >= 11 is 12.8. The van der Waals surface area contributed by atoms with E-state index in [1.807, 2.05) is 31.2 Å². The molecular formula is C21H20Cl2N6O3S. The van der Waals surface area contributed by atoms with Crippen molar-refractivity contribution >= 4 is 50.1 Å². The largest absolute Gasteiger partial charge is 0.361 e. The van der Waals surface area contributed by atoms with Crippen LogP contribution in [0.15, 0.2) is 46.1 Å². The van der Waals surface area contributed by atoms with E-state index in [2.05, 4.69) is 15.1 Å². The second-order valence-corrected chi connectivity index (χ2v) is 10.2. The maximum atomic E-state index is 13.0. The molecule has 3 N–H and O–H groups in total. The van der Waals surface area contributed by atoms with Crippen molar-refractivity contribution in [3.05, 3.63) is 73.7 Å². The predicted octanol–water partition coefficient (Wildman–Crippen LogP) is 3.03. The lowest BCUT2D eigenvalue weighted by Gasteiger charge is -2.11. The molecule has 0 spiro atoms. The Balaban J connectivity index is 1.97. The number of aromatic nitrogens is 4. The predicted molar refractivity (Wildman–Crippen MR) is 129 cm³/mol. The summed E-state index contributed by atoms with van der Waals surface area (Å²) in [6.07, 6.45) is 0.390. The highest BCUT2D eigenvalue weighted by Crippen LogP contribution is 2.34. The zero-order valence-electron chi connectivity index (χ0n) is 17.9. The van der Waals surface area contributed by atoms with Crippen molar-refractivity contribution in [2.45, 2.75) is 18.2 Å². The Labute approximate surface area is 199 Å². The Hall–Kier alpha value is -2.92. The average molecular weight is 507 g/mol. The van der Waals surface area contributed by atoms with Gasteiger partial charge in [0.2, 0.25) is 10.0 Å². The number of anilines is 1. The fourth-order valence-corrected chi connectivity index (χ4v) is 4.87. The molecule has 0 aliphatic heterocycles. The Morgan fingerprint density at radius 3 is 2.39 bits per heavy atom. The lowest BCUT2D eigenvalue weighted by molar-refractivity contribution is 0.598. The summed E-state index contributed by atoms with van der Waals surface area (Å²) in [4.78, 5) is 21.9. The van der Waals surface area contributed by atoms with Crippen LogP contribution in [-0.4, -0.2) is 42.3 Å². The van der Waals surface area contributed by atoms with Crippen LogP contribution in [0.1, 0.15) is 17.0 Å². The molecule has 4 rings (SSSR count). The second kappa shape index (κ2) is 8.45. The Morgan fingerprint density at radius 2 is 1.82 bits per heavy atom. The number of aromatic amines is 1. The number of sulfonamides is 1. The second-order valence-electron chi connectivity index (χ2n) is 7.79. The highest BCUT2D eigenvalue weighted by molar-refractivity contribution is 7.89. The van der Waals surface area contributed by atoms with Gasteiger partial charge in [-0.3, -0.25) is 4.79 Å². The van der Waals surface area contributed by atoms with Crippen molar-refractivity contribution < 1.29 is 8.42 Å². The van der Waals surface area contributed by atoms with Gasteiger partial charge in [-0.05, 0) is 24.6 Å². The highest BCUT2D eigenvalue weighted by Gasteiger charge is 2.24. The Kier molecular flexibility index (Phi) is 5.95. The third-order valence-corrected chi connectivity index (χ3v) is 6.45. The number of aryl methyl sites for hydroxylation is 1. The molecule has 0 saturated carbocycles. The quantitative estimate of drug-likeness (QED) is 0.428. The van der Waals surface area contributed by atoms with Gasteiger partial charge in [-0.1, -0.05) is 53.0 Å². The van der Waals surface area contributed by atoms with E-state index in [0.29, 0.717) is 18.1 Å². The molecule has 9 nitrogen and oxygen atoms in total. The van der Waals surface area contributed by atoms with Gasteiger partial charge in [-0.15, -0.1) is 5.10 Å². The van der Waals surface area contributed by atoms with E-state index >= 15 is 0 Å². The summed E-state index contributed by atoms with van der Waals surface area (Å²) in [6.45, 7) is 1.98. The fraction of sp³-hybridized carbons (Fsp3) is 0.190. The standard InChI is InChI=1S/C21H20Cl2N6O3S/c1-11-5-4-6-12(7-11)8-16-25-19-17(21(30)26-16)20(28(2)3)27-29(19)18-14(22)9-13(10-15(18)23)33(24,31)32/h4-7,9-10H,8H2,1-3H3,(H2,24,31,32)(H,25,26,30). The molecule has 0 bridgehead atoms. The number of hydrogen-bond acceptors (Lipinski definition) is 6. The lowest BCUT2D eigenvalue weighted by Crippen LogP contribution is -2.16. The topological polar surface area (TPSA) is 127 Å². The molecule has 33 heavy (non-hydrogen) atoms. The normalized spacial score (nSPS) is 11.8. The summed E-state index contributed by atoms with van der Waals surface area (Å²) in [7, 11) is -0.555. The van der Waals surface area contributed by atoms with Crippen molar-refractivity contribution in [3.63, 3.8) is 0 Å². The molecule has 0 fully saturated rings. The maximum Gasteiger partial charge on any atom is 0.264 e. The molecule has 2 aromatic heterocycles. The first-order valence-corrected chi connectivity index (χ1v) is 12.0. The van der Waals surface area contributed by atoms with Crippen LogP contribution in [0.2, 0.25) is 10.0 Å². The molecule has 2 aromatic carbocycles. The molecule has 2 heterocycles. The number of nitrogens with zero attached hydrogens (tertiary/aromatic N) is 4. The minimum absolute atomic E-state index is 0.0106. The molecular weight excluding hydrogens is 487 g/mol. The van der Waals surface area contributed by atoms with Gasteiger partial charge in [0.15, 0.2) is 11.5 Å². The van der Waals surface area contributed by atoms with Crippen molar-refractivity contribution in [1.82, 2.24) is 19.7 Å². The van der Waals surface area contributed by atoms with E-state index in [4.69, 9.17) is 28.3 Å². The maximum absolute atomic E-state index is 13.0. The third kappa shape index (κ3) is 4.47. The van der Waals surface area contributed by atoms with Crippen molar-refractivity contribution in [3.8, 4) is 5.69 Å². The molecule has 0 aliphatic rings. The van der Waals surface area contributed by atoms with Crippen LogP contribution < -0.4 is 15.6 Å². The molecule has 0 radical (unpaired) electrons. The van der Waals surface area contributed by atoms with Crippen molar-refractivity contribution in [1.29, 1.82) is 0 Å². The molecule has 12 heteroatoms. The summed E-state index contributed by atoms with van der Waals surface area (Å²) in [5.41, 5.74) is 2.11. The van der Waals surface area contributed by atoms with E-state index in [1.165, 1.54) is 16.8 Å². The Bertz CT molecular complexity index is 1540. The van der Waals surface area contributed by atoms with Crippen LogP contribution in [0.4, 0.5) is 5.82 Å². The number of H-pyrrole nitrogens is 1. The van der Waals surface area contributed by atoms with Gasteiger partial charge >= 0.3 is 0 Å². The fourth-order valence-electron chi connectivity index (χ4n) is 3.53. The molecule has 0 saturated heterocycles.